The van der Waals surface area contributed by atoms with Crippen molar-refractivity contribution in [3.63, 3.8) is 0 Å². The number of halogens is 1. The van der Waals surface area contributed by atoms with Gasteiger partial charge in [-0.05, 0) is 36.1 Å². The first-order valence-electron chi connectivity index (χ1n) is 6.09. The Morgan fingerprint density at radius 3 is 2.37 bits per heavy atom. The van der Waals surface area contributed by atoms with E-state index in [0.717, 1.165) is 12.8 Å². The molecule has 1 aliphatic rings. The van der Waals surface area contributed by atoms with Crippen molar-refractivity contribution in [1.82, 2.24) is 15.5 Å². The van der Waals surface area contributed by atoms with Gasteiger partial charge in [-0.25, -0.2) is 0 Å². The summed E-state index contributed by atoms with van der Waals surface area (Å²) in [5.41, 5.74) is 2.89. The van der Waals surface area contributed by atoms with Crippen molar-refractivity contribution in [2.24, 2.45) is 0 Å². The number of rotatable bonds is 2. The summed E-state index contributed by atoms with van der Waals surface area (Å²) in [6.07, 6.45) is 1.73. The third-order valence-electron chi connectivity index (χ3n) is 3.25. The third-order valence-corrected chi connectivity index (χ3v) is 3.45. The van der Waals surface area contributed by atoms with Crippen molar-refractivity contribution in [1.29, 1.82) is 0 Å². The zero-order valence-corrected chi connectivity index (χ0v) is 10.9. The van der Waals surface area contributed by atoms with Gasteiger partial charge in [0.05, 0.1) is 0 Å². The number of nitrogens with zero attached hydrogens (tertiary/aromatic N) is 2. The number of aromatic nitrogens is 2. The van der Waals surface area contributed by atoms with Crippen LogP contribution < -0.4 is 5.32 Å². The molecule has 0 unspecified atom stereocenters. The molecule has 0 saturated carbocycles. The molecule has 1 aromatic carbocycles. The first kappa shape index (κ1) is 12.1. The molecule has 1 aliphatic carbocycles. The van der Waals surface area contributed by atoms with Crippen LogP contribution in [0.4, 0.5) is 0 Å². The maximum atomic E-state index is 12.0. The molecular weight excluding hydrogens is 262 g/mol. The van der Waals surface area contributed by atoms with Gasteiger partial charge in [0.1, 0.15) is 0 Å². The van der Waals surface area contributed by atoms with Crippen LogP contribution in [0.5, 0.6) is 0 Å². The molecule has 96 valence electrons. The lowest BCUT2D eigenvalue weighted by Gasteiger charge is -2.11. The topological polar surface area (TPSA) is 54.9 Å². The van der Waals surface area contributed by atoms with Crippen molar-refractivity contribution in [3.05, 3.63) is 58.4 Å². The number of hydrogen-bond donors (Lipinski definition) is 1. The van der Waals surface area contributed by atoms with E-state index >= 15 is 0 Å². The van der Waals surface area contributed by atoms with Crippen molar-refractivity contribution >= 4 is 17.5 Å². The summed E-state index contributed by atoms with van der Waals surface area (Å²) >= 11 is 5.64. The van der Waals surface area contributed by atoms with Gasteiger partial charge in [0.2, 0.25) is 0 Å². The van der Waals surface area contributed by atoms with E-state index in [2.05, 4.69) is 27.6 Å². The zero-order chi connectivity index (χ0) is 13.2. The fourth-order valence-corrected chi connectivity index (χ4v) is 2.46. The van der Waals surface area contributed by atoms with Crippen LogP contribution in [0.3, 0.4) is 0 Å². The van der Waals surface area contributed by atoms with Crippen LogP contribution in [-0.2, 0) is 12.8 Å². The number of hydrogen-bond acceptors (Lipinski definition) is 3. The number of amides is 1. The molecule has 2 aromatic rings. The van der Waals surface area contributed by atoms with E-state index < -0.39 is 0 Å². The highest BCUT2D eigenvalue weighted by molar-refractivity contribution is 6.29. The Labute approximate surface area is 115 Å². The molecule has 5 heteroatoms. The number of benzene rings is 1. The molecule has 3 rings (SSSR count). The normalized spacial score (nSPS) is 14.2. The van der Waals surface area contributed by atoms with E-state index in [4.69, 9.17) is 11.6 Å². The van der Waals surface area contributed by atoms with Gasteiger partial charge in [-0.3, -0.25) is 4.79 Å². The van der Waals surface area contributed by atoms with Crippen molar-refractivity contribution < 1.29 is 4.79 Å². The Hall–Kier alpha value is -1.94. The Bertz CT molecular complexity index is 587. The molecule has 0 radical (unpaired) electrons. The predicted octanol–water partition coefficient (Wildman–Crippen LogP) is 2.03. The van der Waals surface area contributed by atoms with E-state index in [1.165, 1.54) is 11.1 Å². The van der Waals surface area contributed by atoms with Crippen molar-refractivity contribution in [3.8, 4) is 0 Å². The Morgan fingerprint density at radius 1 is 1.11 bits per heavy atom. The van der Waals surface area contributed by atoms with Gasteiger partial charge in [-0.15, -0.1) is 10.2 Å². The number of fused-ring (bicyclic) bond motifs is 1. The summed E-state index contributed by atoms with van der Waals surface area (Å²) in [7, 11) is 0. The molecular formula is C14H12ClN3O. The van der Waals surface area contributed by atoms with Crippen LogP contribution >= 0.6 is 11.6 Å². The smallest absolute Gasteiger partial charge is 0.272 e. The average molecular weight is 274 g/mol. The summed E-state index contributed by atoms with van der Waals surface area (Å²) < 4.78 is 0. The van der Waals surface area contributed by atoms with E-state index in [1.807, 2.05) is 12.1 Å². The van der Waals surface area contributed by atoms with E-state index in [9.17, 15) is 4.79 Å². The molecule has 0 saturated heterocycles. The van der Waals surface area contributed by atoms with Crippen LogP contribution in [0.25, 0.3) is 0 Å². The maximum Gasteiger partial charge on any atom is 0.272 e. The van der Waals surface area contributed by atoms with Gasteiger partial charge in [-0.2, -0.15) is 0 Å². The Balaban J connectivity index is 1.67. The average Bonchev–Trinajstić information content (AvgIpc) is 2.81. The lowest BCUT2D eigenvalue weighted by Crippen LogP contribution is -2.35. The molecule has 0 fully saturated rings. The molecule has 1 amide bonds. The lowest BCUT2D eigenvalue weighted by atomic mass is 10.1. The molecule has 0 aliphatic heterocycles. The minimum atomic E-state index is -0.207. The van der Waals surface area contributed by atoms with Crippen molar-refractivity contribution in [2.75, 3.05) is 0 Å². The fourth-order valence-electron chi connectivity index (χ4n) is 2.36. The lowest BCUT2D eigenvalue weighted by molar-refractivity contribution is 0.0932. The fraction of sp³-hybridized carbons (Fsp3) is 0.214. The molecule has 0 atom stereocenters. The minimum Gasteiger partial charge on any atom is -0.347 e. The van der Waals surface area contributed by atoms with E-state index in [0.29, 0.717) is 5.69 Å². The number of carbonyl (C=O) groups excluding carboxylic acids is 1. The second-order valence-corrected chi connectivity index (χ2v) is 4.98. The van der Waals surface area contributed by atoms with Crippen LogP contribution in [0, 0.1) is 0 Å². The Kier molecular flexibility index (Phi) is 3.17. The molecule has 19 heavy (non-hydrogen) atoms. The number of nitrogens with one attached hydrogen (secondary N) is 1. The molecule has 1 heterocycles. The van der Waals surface area contributed by atoms with Gasteiger partial charge in [0, 0.05) is 6.04 Å². The van der Waals surface area contributed by atoms with Gasteiger partial charge >= 0.3 is 0 Å². The minimum absolute atomic E-state index is 0.127. The van der Waals surface area contributed by atoms with Crippen LogP contribution in [0.15, 0.2) is 36.4 Å². The molecule has 1 aromatic heterocycles. The van der Waals surface area contributed by atoms with Crippen LogP contribution in [-0.4, -0.2) is 22.1 Å². The first-order valence-corrected chi connectivity index (χ1v) is 6.47. The van der Waals surface area contributed by atoms with Crippen molar-refractivity contribution in [2.45, 2.75) is 18.9 Å². The summed E-state index contributed by atoms with van der Waals surface area (Å²) in [6, 6.07) is 11.5. The van der Waals surface area contributed by atoms with Gasteiger partial charge in [0.15, 0.2) is 10.8 Å². The van der Waals surface area contributed by atoms with E-state index in [1.54, 1.807) is 12.1 Å². The molecule has 0 bridgehead atoms. The molecule has 4 nitrogen and oxygen atoms in total. The van der Waals surface area contributed by atoms with Crippen LogP contribution in [0.2, 0.25) is 5.15 Å². The highest BCUT2D eigenvalue weighted by Gasteiger charge is 2.23. The largest absolute Gasteiger partial charge is 0.347 e. The van der Waals surface area contributed by atoms with Gasteiger partial charge in [0.25, 0.3) is 5.91 Å². The standard InChI is InChI=1S/C14H12ClN3O/c15-13-6-5-12(17-18-13)14(19)16-11-7-9-3-1-2-4-10(9)8-11/h1-6,11H,7-8H2,(H,16,19). The summed E-state index contributed by atoms with van der Waals surface area (Å²) in [5.74, 6) is -0.207. The third kappa shape index (κ3) is 2.58. The second kappa shape index (κ2) is 4.97. The Morgan fingerprint density at radius 2 is 1.79 bits per heavy atom. The second-order valence-electron chi connectivity index (χ2n) is 4.59. The van der Waals surface area contributed by atoms with Crippen LogP contribution in [0.1, 0.15) is 21.6 Å². The first-order chi connectivity index (χ1) is 9.22. The predicted molar refractivity (Wildman–Crippen MR) is 72.1 cm³/mol. The highest BCUT2D eigenvalue weighted by Crippen LogP contribution is 2.21. The molecule has 0 spiro atoms. The zero-order valence-electron chi connectivity index (χ0n) is 10.1. The number of carbonyl (C=O) groups is 1. The van der Waals surface area contributed by atoms with E-state index in [-0.39, 0.29) is 17.1 Å². The summed E-state index contributed by atoms with van der Waals surface area (Å²) in [4.78, 5) is 12.0. The molecule has 1 N–H and O–H groups in total. The maximum absolute atomic E-state index is 12.0. The summed E-state index contributed by atoms with van der Waals surface area (Å²) in [6.45, 7) is 0. The SMILES string of the molecule is O=C(NC1Cc2ccccc2C1)c1ccc(Cl)nn1. The highest BCUT2D eigenvalue weighted by atomic mass is 35.5. The van der Waals surface area contributed by atoms with Gasteiger partial charge in [-0.1, -0.05) is 35.9 Å². The van der Waals surface area contributed by atoms with Gasteiger partial charge < -0.3 is 5.32 Å². The summed E-state index contributed by atoms with van der Waals surface area (Å²) in [5, 5.41) is 10.7. The monoisotopic (exact) mass is 273 g/mol. The quantitative estimate of drug-likeness (QED) is 0.911.